The number of hydrogen-bond acceptors (Lipinski definition) is 3. The van der Waals surface area contributed by atoms with Gasteiger partial charge in [-0.05, 0) is 24.6 Å². The number of piperazine rings is 1. The fraction of sp³-hybridized carbons (Fsp3) is 0.364. The maximum atomic E-state index is 11.8. The van der Waals surface area contributed by atoms with Crippen LogP contribution in [0.25, 0.3) is 0 Å². The van der Waals surface area contributed by atoms with Crippen molar-refractivity contribution in [3.63, 3.8) is 0 Å². The average molecular weight is 206 g/mol. The number of hydrogen-bond donors (Lipinski definition) is 3. The van der Waals surface area contributed by atoms with E-state index in [4.69, 9.17) is 0 Å². The van der Waals surface area contributed by atoms with E-state index in [1.807, 2.05) is 13.0 Å². The second-order valence-electron chi connectivity index (χ2n) is 3.86. The van der Waals surface area contributed by atoms with Crippen LogP contribution < -0.4 is 10.6 Å². The highest BCUT2D eigenvalue weighted by molar-refractivity contribution is 5.88. The van der Waals surface area contributed by atoms with Gasteiger partial charge in [0, 0.05) is 13.1 Å². The Kier molecular flexibility index (Phi) is 2.36. The molecule has 0 bridgehead atoms. The Balaban J connectivity index is 2.39. The maximum absolute atomic E-state index is 11.8. The Bertz CT molecular complexity index is 392. The quantitative estimate of drug-likeness (QED) is 0.620. The largest absolute Gasteiger partial charge is 0.508 e. The third-order valence-electron chi connectivity index (χ3n) is 2.77. The summed E-state index contributed by atoms with van der Waals surface area (Å²) in [5.74, 6) is 0.119. The minimum Gasteiger partial charge on any atom is -0.508 e. The molecule has 0 saturated carbocycles. The van der Waals surface area contributed by atoms with E-state index in [2.05, 4.69) is 10.6 Å². The second-order valence-corrected chi connectivity index (χ2v) is 3.86. The number of carbonyl (C=O) groups excluding carboxylic acids is 1. The molecule has 1 aromatic rings. The zero-order valence-electron chi connectivity index (χ0n) is 8.58. The van der Waals surface area contributed by atoms with Crippen LogP contribution in [0.5, 0.6) is 5.75 Å². The zero-order chi connectivity index (χ0) is 10.9. The zero-order valence-corrected chi connectivity index (χ0v) is 8.58. The molecule has 0 aliphatic carbocycles. The van der Waals surface area contributed by atoms with Crippen LogP contribution >= 0.6 is 0 Å². The Morgan fingerprint density at radius 2 is 2.20 bits per heavy atom. The average Bonchev–Trinajstić information content (AvgIpc) is 2.23. The van der Waals surface area contributed by atoms with Gasteiger partial charge >= 0.3 is 0 Å². The van der Waals surface area contributed by atoms with E-state index in [0.717, 1.165) is 12.1 Å². The molecule has 1 aliphatic heterocycles. The van der Waals surface area contributed by atoms with Gasteiger partial charge < -0.3 is 10.4 Å². The second kappa shape index (κ2) is 3.55. The van der Waals surface area contributed by atoms with Gasteiger partial charge in [0.2, 0.25) is 5.91 Å². The molecule has 4 nitrogen and oxygen atoms in total. The summed E-state index contributed by atoms with van der Waals surface area (Å²) in [6.45, 7) is 3.20. The summed E-state index contributed by atoms with van der Waals surface area (Å²) in [4.78, 5) is 11.8. The number of amides is 1. The molecule has 0 radical (unpaired) electrons. The third kappa shape index (κ3) is 1.68. The van der Waals surface area contributed by atoms with Crippen LogP contribution in [0.4, 0.5) is 0 Å². The van der Waals surface area contributed by atoms with Crippen LogP contribution in [-0.4, -0.2) is 24.1 Å². The van der Waals surface area contributed by atoms with E-state index in [1.165, 1.54) is 0 Å². The van der Waals surface area contributed by atoms with Gasteiger partial charge in [-0.3, -0.25) is 10.1 Å². The van der Waals surface area contributed by atoms with Crippen LogP contribution in [0.2, 0.25) is 0 Å². The number of benzene rings is 1. The van der Waals surface area contributed by atoms with Gasteiger partial charge in [0.05, 0.1) is 0 Å². The first-order valence-corrected chi connectivity index (χ1v) is 4.96. The molecule has 80 valence electrons. The fourth-order valence-corrected chi connectivity index (χ4v) is 1.80. The smallest absolute Gasteiger partial charge is 0.244 e. The summed E-state index contributed by atoms with van der Waals surface area (Å²) < 4.78 is 0. The summed E-state index contributed by atoms with van der Waals surface area (Å²) in [7, 11) is 0. The Morgan fingerprint density at radius 1 is 1.40 bits per heavy atom. The molecule has 1 saturated heterocycles. The number of phenolic OH excluding ortho intramolecular Hbond substituents is 1. The lowest BCUT2D eigenvalue weighted by molar-refractivity contribution is -0.128. The molecule has 1 heterocycles. The van der Waals surface area contributed by atoms with Gasteiger partial charge in [-0.1, -0.05) is 12.1 Å². The molecule has 2 rings (SSSR count). The van der Waals surface area contributed by atoms with Crippen molar-refractivity contribution in [3.05, 3.63) is 29.8 Å². The van der Waals surface area contributed by atoms with Crippen molar-refractivity contribution < 1.29 is 9.90 Å². The molecule has 4 heteroatoms. The lowest BCUT2D eigenvalue weighted by Gasteiger charge is -2.34. The number of rotatable bonds is 1. The van der Waals surface area contributed by atoms with Crippen LogP contribution in [0, 0.1) is 0 Å². The predicted molar refractivity (Wildman–Crippen MR) is 56.5 cm³/mol. The third-order valence-corrected chi connectivity index (χ3v) is 2.77. The first-order valence-electron chi connectivity index (χ1n) is 4.96. The summed E-state index contributed by atoms with van der Waals surface area (Å²) in [5.41, 5.74) is 0.0384. The van der Waals surface area contributed by atoms with Gasteiger partial charge in [0.15, 0.2) is 0 Å². The summed E-state index contributed by atoms with van der Waals surface area (Å²) >= 11 is 0. The summed E-state index contributed by atoms with van der Waals surface area (Å²) in [6.07, 6.45) is 0. The molecule has 0 spiro atoms. The summed E-state index contributed by atoms with van der Waals surface area (Å²) in [6, 6.07) is 6.77. The van der Waals surface area contributed by atoms with E-state index in [-0.39, 0.29) is 11.7 Å². The van der Waals surface area contributed by atoms with Crippen LogP contribution in [-0.2, 0) is 10.3 Å². The number of aromatic hydroxyl groups is 1. The normalized spacial score (nSPS) is 26.1. The Morgan fingerprint density at radius 3 is 2.87 bits per heavy atom. The molecular weight excluding hydrogens is 192 g/mol. The van der Waals surface area contributed by atoms with Crippen molar-refractivity contribution in [3.8, 4) is 5.75 Å². The standard InChI is InChI=1S/C11H14N2O2/c1-11(10(15)12-5-6-13-11)8-3-2-4-9(14)7-8/h2-4,7,13-14H,5-6H2,1H3,(H,12,15). The topological polar surface area (TPSA) is 61.4 Å². The first-order chi connectivity index (χ1) is 7.13. The molecule has 1 unspecified atom stereocenters. The molecule has 1 aliphatic rings. The van der Waals surface area contributed by atoms with Gasteiger partial charge in [0.1, 0.15) is 11.3 Å². The summed E-state index contributed by atoms with van der Waals surface area (Å²) in [5, 5.41) is 15.4. The van der Waals surface area contributed by atoms with E-state index >= 15 is 0 Å². The van der Waals surface area contributed by atoms with Crippen LogP contribution in [0.1, 0.15) is 12.5 Å². The maximum Gasteiger partial charge on any atom is 0.244 e. The Hall–Kier alpha value is -1.55. The van der Waals surface area contributed by atoms with Crippen molar-refractivity contribution >= 4 is 5.91 Å². The van der Waals surface area contributed by atoms with Gasteiger partial charge in [-0.15, -0.1) is 0 Å². The van der Waals surface area contributed by atoms with E-state index in [1.54, 1.807) is 18.2 Å². The molecule has 0 aromatic heterocycles. The number of nitrogens with one attached hydrogen (secondary N) is 2. The number of phenols is 1. The van der Waals surface area contributed by atoms with Crippen molar-refractivity contribution in [1.82, 2.24) is 10.6 Å². The highest BCUT2D eigenvalue weighted by atomic mass is 16.3. The molecule has 1 amide bonds. The molecule has 1 aromatic carbocycles. The highest BCUT2D eigenvalue weighted by Gasteiger charge is 2.36. The SMILES string of the molecule is CC1(c2cccc(O)c2)NCCNC1=O. The molecule has 15 heavy (non-hydrogen) atoms. The van der Waals surface area contributed by atoms with E-state index in [9.17, 15) is 9.90 Å². The van der Waals surface area contributed by atoms with Gasteiger partial charge in [-0.25, -0.2) is 0 Å². The highest BCUT2D eigenvalue weighted by Crippen LogP contribution is 2.25. The van der Waals surface area contributed by atoms with E-state index in [0.29, 0.717) is 6.54 Å². The van der Waals surface area contributed by atoms with Gasteiger partial charge in [0.25, 0.3) is 0 Å². The van der Waals surface area contributed by atoms with Gasteiger partial charge in [-0.2, -0.15) is 0 Å². The van der Waals surface area contributed by atoms with E-state index < -0.39 is 5.54 Å². The lowest BCUT2D eigenvalue weighted by Crippen LogP contribution is -2.59. The Labute approximate surface area is 88.3 Å². The lowest BCUT2D eigenvalue weighted by atomic mass is 9.89. The number of carbonyl (C=O) groups is 1. The van der Waals surface area contributed by atoms with Crippen molar-refractivity contribution in [2.45, 2.75) is 12.5 Å². The molecular formula is C11H14N2O2. The monoisotopic (exact) mass is 206 g/mol. The van der Waals surface area contributed by atoms with Crippen LogP contribution in [0.15, 0.2) is 24.3 Å². The molecule has 1 atom stereocenters. The van der Waals surface area contributed by atoms with Crippen molar-refractivity contribution in [2.75, 3.05) is 13.1 Å². The molecule has 3 N–H and O–H groups in total. The van der Waals surface area contributed by atoms with Crippen molar-refractivity contribution in [1.29, 1.82) is 0 Å². The van der Waals surface area contributed by atoms with Crippen molar-refractivity contribution in [2.24, 2.45) is 0 Å². The minimum absolute atomic E-state index is 0.0562. The first kappa shape index (κ1) is 9.98. The van der Waals surface area contributed by atoms with Crippen LogP contribution in [0.3, 0.4) is 0 Å². The predicted octanol–water partition coefficient (Wildman–Crippen LogP) is 0.327. The molecule has 1 fully saturated rings. The fourth-order valence-electron chi connectivity index (χ4n) is 1.80. The minimum atomic E-state index is -0.739.